The fourth-order valence-electron chi connectivity index (χ4n) is 16.0. The van der Waals surface area contributed by atoms with Crippen LogP contribution in [0.5, 0.6) is 0 Å². The van der Waals surface area contributed by atoms with E-state index in [0.29, 0.717) is 0 Å². The molecule has 4 nitrogen and oxygen atoms in total. The summed E-state index contributed by atoms with van der Waals surface area (Å²) < 4.78 is 0. The molecule has 0 heterocycles. The lowest BCUT2D eigenvalue weighted by atomic mass is 9.68. The van der Waals surface area contributed by atoms with Crippen LogP contribution in [0.2, 0.25) is 0 Å². The van der Waals surface area contributed by atoms with Crippen LogP contribution in [0.15, 0.2) is 291 Å². The number of rotatable bonds is 13. The Labute approximate surface area is 531 Å². The standard InChI is InChI=1S/C86H74N4/c1-61-27-35-67(36-28-61)87(65-19-7-3-8-20-65)71-43-47-73(48-44-71)89(75-51-53-79-77-23-11-13-25-81(77)85(83(79)59-75)55-15-5-16-56-85)69-39-31-63(32-40-69)64-33-41-70(42-34-64)90(76-52-54-80-78-24-12-14-26-82(78)86(84(80)60-76)57-17-6-18-58-86)74-49-45-72(46-50-74)88(66-21-9-4-10-22-66)68-37-29-62(2)30-38-68/h3-4,7-14,19-54,59-60H,5-6,15-18,55-58H2,1-2H3. The second-order valence-electron chi connectivity index (χ2n) is 25.6. The Hall–Kier alpha value is -10.2. The van der Waals surface area contributed by atoms with Gasteiger partial charge in [-0.25, -0.2) is 0 Å². The van der Waals surface area contributed by atoms with E-state index in [9.17, 15) is 0 Å². The molecule has 0 aliphatic heterocycles. The van der Waals surface area contributed by atoms with Crippen LogP contribution in [0.25, 0.3) is 33.4 Å². The highest BCUT2D eigenvalue weighted by molar-refractivity contribution is 5.90. The van der Waals surface area contributed by atoms with Gasteiger partial charge < -0.3 is 19.6 Å². The minimum absolute atomic E-state index is 0.0319. The van der Waals surface area contributed by atoms with Gasteiger partial charge in [-0.05, 0) is 241 Å². The molecule has 438 valence electrons. The SMILES string of the molecule is Cc1ccc(N(c2ccccc2)c2ccc(N(c3ccc(-c4ccc(N(c5ccc(N(c6ccccc6)c6ccc(C)cc6)cc5)c5ccc6c(c5)C5(CCCCC5)c5ccccc5-6)cc4)cc3)c3ccc4c(c3)C3(CCCCC3)c3ccccc3-4)cc2)cc1. The second kappa shape index (κ2) is 23.1. The molecule has 0 atom stereocenters. The van der Waals surface area contributed by atoms with Crippen molar-refractivity contribution in [2.45, 2.75) is 88.9 Å². The van der Waals surface area contributed by atoms with Crippen LogP contribution in [0.3, 0.4) is 0 Å². The lowest BCUT2D eigenvalue weighted by Gasteiger charge is -2.36. The molecule has 12 aromatic carbocycles. The fourth-order valence-corrected chi connectivity index (χ4v) is 16.0. The zero-order valence-corrected chi connectivity index (χ0v) is 51.6. The molecule has 0 bridgehead atoms. The molecule has 2 spiro atoms. The predicted molar refractivity (Wildman–Crippen MR) is 379 cm³/mol. The van der Waals surface area contributed by atoms with E-state index in [1.165, 1.54) is 142 Å². The number of aryl methyl sites for hydroxylation is 2. The molecule has 16 rings (SSSR count). The molecule has 0 N–H and O–H groups in total. The third-order valence-electron chi connectivity index (χ3n) is 20.4. The fraction of sp³-hybridized carbons (Fsp3) is 0.163. The van der Waals surface area contributed by atoms with E-state index in [-0.39, 0.29) is 10.8 Å². The van der Waals surface area contributed by atoms with Crippen LogP contribution >= 0.6 is 0 Å². The topological polar surface area (TPSA) is 13.0 Å². The van der Waals surface area contributed by atoms with Gasteiger partial charge in [0.25, 0.3) is 0 Å². The first-order valence-electron chi connectivity index (χ1n) is 32.7. The smallest absolute Gasteiger partial charge is 0.0465 e. The summed E-state index contributed by atoms with van der Waals surface area (Å²) in [4.78, 5) is 9.66. The average molecular weight is 1160 g/mol. The van der Waals surface area contributed by atoms with Gasteiger partial charge in [0, 0.05) is 79.1 Å². The Kier molecular flexibility index (Phi) is 14.2. The van der Waals surface area contributed by atoms with Crippen molar-refractivity contribution >= 4 is 68.2 Å². The van der Waals surface area contributed by atoms with Gasteiger partial charge in [0.15, 0.2) is 0 Å². The van der Waals surface area contributed by atoms with E-state index < -0.39 is 0 Å². The molecule has 12 aromatic rings. The van der Waals surface area contributed by atoms with Crippen molar-refractivity contribution in [2.75, 3.05) is 19.6 Å². The molecule has 4 heteroatoms. The molecule has 2 fully saturated rings. The van der Waals surface area contributed by atoms with Gasteiger partial charge in [0.05, 0.1) is 0 Å². The maximum Gasteiger partial charge on any atom is 0.0465 e. The van der Waals surface area contributed by atoms with Crippen LogP contribution in [0.4, 0.5) is 68.2 Å². The zero-order valence-electron chi connectivity index (χ0n) is 51.6. The Morgan fingerprint density at radius 1 is 0.211 bits per heavy atom. The summed E-state index contributed by atoms with van der Waals surface area (Å²) in [6.07, 6.45) is 12.4. The van der Waals surface area contributed by atoms with Gasteiger partial charge in [-0.1, -0.05) is 195 Å². The lowest BCUT2D eigenvalue weighted by Crippen LogP contribution is -2.28. The van der Waals surface area contributed by atoms with Crippen LogP contribution < -0.4 is 19.6 Å². The van der Waals surface area contributed by atoms with Gasteiger partial charge in [-0.3, -0.25) is 0 Å². The highest BCUT2D eigenvalue weighted by Gasteiger charge is 2.45. The summed E-state index contributed by atoms with van der Waals surface area (Å²) in [6, 6.07) is 109. The van der Waals surface area contributed by atoms with Crippen molar-refractivity contribution in [1.29, 1.82) is 0 Å². The number of benzene rings is 12. The highest BCUT2D eigenvalue weighted by Crippen LogP contribution is 2.59. The maximum atomic E-state index is 2.54. The minimum atomic E-state index is 0.0319. The Morgan fingerprint density at radius 3 is 0.789 bits per heavy atom. The first-order chi connectivity index (χ1) is 44.4. The molecule has 4 aliphatic carbocycles. The maximum absolute atomic E-state index is 2.54. The third-order valence-corrected chi connectivity index (χ3v) is 20.4. The van der Waals surface area contributed by atoms with Crippen molar-refractivity contribution in [1.82, 2.24) is 0 Å². The molecule has 0 saturated heterocycles. The molecular formula is C86H74N4. The molecule has 0 aromatic heterocycles. The van der Waals surface area contributed by atoms with Gasteiger partial charge >= 0.3 is 0 Å². The van der Waals surface area contributed by atoms with E-state index in [1.54, 1.807) is 0 Å². The quantitative estimate of drug-likeness (QED) is 0.114. The van der Waals surface area contributed by atoms with E-state index in [4.69, 9.17) is 0 Å². The summed E-state index contributed by atoms with van der Waals surface area (Å²) in [5.74, 6) is 0. The zero-order chi connectivity index (χ0) is 60.2. The van der Waals surface area contributed by atoms with Crippen LogP contribution in [0, 0.1) is 13.8 Å². The Morgan fingerprint density at radius 2 is 0.456 bits per heavy atom. The largest absolute Gasteiger partial charge is 0.311 e. The normalized spacial score (nSPS) is 14.7. The number of hydrogen-bond donors (Lipinski definition) is 0. The third kappa shape index (κ3) is 9.69. The molecule has 90 heavy (non-hydrogen) atoms. The van der Waals surface area contributed by atoms with E-state index in [2.05, 4.69) is 325 Å². The monoisotopic (exact) mass is 1160 g/mol. The number of hydrogen-bond acceptors (Lipinski definition) is 4. The Bertz CT molecular complexity index is 4230. The number of para-hydroxylation sites is 2. The van der Waals surface area contributed by atoms with Crippen LogP contribution in [0.1, 0.15) is 97.6 Å². The van der Waals surface area contributed by atoms with E-state index in [1.807, 2.05) is 0 Å². The molecule has 4 aliphatic rings. The summed E-state index contributed by atoms with van der Waals surface area (Å²) in [5, 5.41) is 0. The number of nitrogens with zero attached hydrogens (tertiary/aromatic N) is 4. The molecule has 0 unspecified atom stereocenters. The van der Waals surface area contributed by atoms with Crippen molar-refractivity contribution in [2.24, 2.45) is 0 Å². The van der Waals surface area contributed by atoms with Gasteiger partial charge in [-0.15, -0.1) is 0 Å². The molecule has 2 saturated carbocycles. The predicted octanol–water partition coefficient (Wildman–Crippen LogP) is 24.3. The van der Waals surface area contributed by atoms with Crippen molar-refractivity contribution in [3.05, 3.63) is 325 Å². The van der Waals surface area contributed by atoms with Gasteiger partial charge in [0.1, 0.15) is 0 Å². The van der Waals surface area contributed by atoms with E-state index in [0.717, 1.165) is 56.9 Å². The molecule has 0 amide bonds. The Balaban J connectivity index is 0.773. The van der Waals surface area contributed by atoms with Gasteiger partial charge in [0.2, 0.25) is 0 Å². The molecule has 0 radical (unpaired) electrons. The molecular weight excluding hydrogens is 1090 g/mol. The summed E-state index contributed by atoms with van der Waals surface area (Å²) in [7, 11) is 0. The minimum Gasteiger partial charge on any atom is -0.311 e. The summed E-state index contributed by atoms with van der Waals surface area (Å²) >= 11 is 0. The highest BCUT2D eigenvalue weighted by atomic mass is 15.2. The summed E-state index contributed by atoms with van der Waals surface area (Å²) in [6.45, 7) is 4.30. The van der Waals surface area contributed by atoms with E-state index >= 15 is 0 Å². The van der Waals surface area contributed by atoms with Crippen molar-refractivity contribution in [3.8, 4) is 33.4 Å². The lowest BCUT2D eigenvalue weighted by molar-refractivity contribution is 0.353. The second-order valence-corrected chi connectivity index (χ2v) is 25.6. The van der Waals surface area contributed by atoms with Crippen molar-refractivity contribution < 1.29 is 0 Å². The first kappa shape index (κ1) is 55.2. The van der Waals surface area contributed by atoms with Gasteiger partial charge in [-0.2, -0.15) is 0 Å². The van der Waals surface area contributed by atoms with Crippen molar-refractivity contribution in [3.63, 3.8) is 0 Å². The first-order valence-corrected chi connectivity index (χ1v) is 32.7. The van der Waals surface area contributed by atoms with Crippen LogP contribution in [-0.4, -0.2) is 0 Å². The number of fused-ring (bicyclic) bond motifs is 10. The van der Waals surface area contributed by atoms with Crippen LogP contribution in [-0.2, 0) is 10.8 Å². The average Bonchev–Trinajstić information content (AvgIpc) is 1.58. The number of anilines is 12. The summed E-state index contributed by atoms with van der Waals surface area (Å²) in [5.41, 5.74) is 30.0.